The van der Waals surface area contributed by atoms with Crippen LogP contribution in [0.4, 0.5) is 0 Å². The Kier molecular flexibility index (Phi) is 5.15. The van der Waals surface area contributed by atoms with Gasteiger partial charge in [0, 0.05) is 19.2 Å². The second-order valence-electron chi connectivity index (χ2n) is 3.51. The van der Waals surface area contributed by atoms with Crippen LogP contribution in [0.3, 0.4) is 0 Å². The fraction of sp³-hybridized carbons (Fsp3) is 0.500. The molecule has 0 unspecified atom stereocenters. The van der Waals surface area contributed by atoms with Gasteiger partial charge >= 0.3 is 5.69 Å². The zero-order valence-corrected chi connectivity index (χ0v) is 9.63. The van der Waals surface area contributed by atoms with Gasteiger partial charge in [-0.05, 0) is 13.0 Å². The van der Waals surface area contributed by atoms with E-state index in [0.29, 0.717) is 13.1 Å². The lowest BCUT2D eigenvalue weighted by molar-refractivity contribution is 0.0948. The molecule has 17 heavy (non-hydrogen) atoms. The van der Waals surface area contributed by atoms with E-state index in [1.807, 2.05) is 11.9 Å². The summed E-state index contributed by atoms with van der Waals surface area (Å²) in [4.78, 5) is 37.7. The van der Waals surface area contributed by atoms with Crippen molar-refractivity contribution in [1.82, 2.24) is 20.6 Å². The van der Waals surface area contributed by atoms with Crippen molar-refractivity contribution in [1.29, 1.82) is 0 Å². The van der Waals surface area contributed by atoms with Crippen molar-refractivity contribution >= 4 is 5.91 Å². The van der Waals surface area contributed by atoms with E-state index in [9.17, 15) is 14.4 Å². The van der Waals surface area contributed by atoms with E-state index in [4.69, 9.17) is 0 Å². The number of nitrogens with one attached hydrogen (secondary N) is 4. The summed E-state index contributed by atoms with van der Waals surface area (Å²) in [5.74, 6) is -0.466. The number of aromatic amines is 2. The molecule has 0 aliphatic carbocycles. The maximum absolute atomic E-state index is 11.5. The Labute approximate surface area is 97.6 Å². The van der Waals surface area contributed by atoms with Crippen LogP contribution in [0.25, 0.3) is 0 Å². The highest BCUT2D eigenvalue weighted by molar-refractivity contribution is 5.91. The quantitative estimate of drug-likeness (QED) is 0.468. The van der Waals surface area contributed by atoms with Gasteiger partial charge in [0.15, 0.2) is 0 Å². The van der Waals surface area contributed by atoms with Crippen molar-refractivity contribution in [2.24, 2.45) is 0 Å². The highest BCUT2D eigenvalue weighted by Gasteiger charge is 2.06. The zero-order valence-electron chi connectivity index (χ0n) is 9.63. The van der Waals surface area contributed by atoms with Gasteiger partial charge in [0.2, 0.25) is 0 Å². The highest BCUT2D eigenvalue weighted by atomic mass is 16.2. The van der Waals surface area contributed by atoms with E-state index < -0.39 is 17.2 Å². The van der Waals surface area contributed by atoms with Crippen molar-refractivity contribution in [3.63, 3.8) is 0 Å². The predicted octanol–water partition coefficient (Wildman–Crippen LogP) is -1.21. The van der Waals surface area contributed by atoms with Crippen molar-refractivity contribution in [3.05, 3.63) is 32.6 Å². The van der Waals surface area contributed by atoms with E-state index in [0.717, 1.165) is 19.0 Å². The third-order valence-corrected chi connectivity index (χ3v) is 2.02. The average Bonchev–Trinajstić information content (AvgIpc) is 2.27. The smallest absolute Gasteiger partial charge is 0.326 e. The van der Waals surface area contributed by atoms with Gasteiger partial charge in [-0.25, -0.2) is 4.79 Å². The Balaban J connectivity index is 2.47. The minimum absolute atomic E-state index is 0.0331. The molecule has 1 aromatic heterocycles. The first-order valence-electron chi connectivity index (χ1n) is 5.46. The third kappa shape index (κ3) is 4.64. The van der Waals surface area contributed by atoms with Crippen LogP contribution in [0.1, 0.15) is 23.8 Å². The van der Waals surface area contributed by atoms with E-state index in [1.165, 1.54) is 0 Å². The lowest BCUT2D eigenvalue weighted by Gasteiger charge is -2.05. The molecule has 0 fully saturated rings. The number of aromatic nitrogens is 2. The zero-order chi connectivity index (χ0) is 12.7. The van der Waals surface area contributed by atoms with Crippen LogP contribution in [-0.2, 0) is 0 Å². The van der Waals surface area contributed by atoms with Gasteiger partial charge in [0.25, 0.3) is 11.5 Å². The van der Waals surface area contributed by atoms with Gasteiger partial charge < -0.3 is 15.6 Å². The molecule has 94 valence electrons. The minimum Gasteiger partial charge on any atom is -0.349 e. The van der Waals surface area contributed by atoms with Gasteiger partial charge in [0.1, 0.15) is 5.69 Å². The average molecular weight is 240 g/mol. The van der Waals surface area contributed by atoms with Crippen molar-refractivity contribution in [3.8, 4) is 0 Å². The molecular weight excluding hydrogens is 224 g/mol. The van der Waals surface area contributed by atoms with E-state index >= 15 is 0 Å². The first-order chi connectivity index (χ1) is 8.13. The van der Waals surface area contributed by atoms with Crippen LogP contribution in [0.15, 0.2) is 15.7 Å². The number of H-pyrrole nitrogens is 2. The molecule has 1 heterocycles. The van der Waals surface area contributed by atoms with E-state index in [-0.39, 0.29) is 5.69 Å². The van der Waals surface area contributed by atoms with Crippen LogP contribution < -0.4 is 21.9 Å². The van der Waals surface area contributed by atoms with Crippen LogP contribution in [0, 0.1) is 0 Å². The number of rotatable bonds is 6. The number of carbonyl (C=O) groups excluding carboxylic acids is 1. The summed E-state index contributed by atoms with van der Waals surface area (Å²) in [6.45, 7) is 4.02. The van der Waals surface area contributed by atoms with Crippen LogP contribution in [0.2, 0.25) is 0 Å². The first-order valence-corrected chi connectivity index (χ1v) is 5.46. The summed E-state index contributed by atoms with van der Waals surface area (Å²) in [6, 6.07) is 1.05. The molecule has 7 heteroatoms. The SMILES string of the molecule is CCCNCCNC(=O)c1cc(=O)[nH]c(=O)[nH]1. The van der Waals surface area contributed by atoms with Crippen LogP contribution in [-0.4, -0.2) is 35.5 Å². The van der Waals surface area contributed by atoms with Crippen LogP contribution in [0.5, 0.6) is 0 Å². The molecule has 0 atom stereocenters. The molecule has 0 aliphatic rings. The van der Waals surface area contributed by atoms with Gasteiger partial charge in [-0.15, -0.1) is 0 Å². The summed E-state index contributed by atoms with van der Waals surface area (Å²) < 4.78 is 0. The summed E-state index contributed by atoms with van der Waals surface area (Å²) in [5, 5.41) is 5.70. The Bertz CT molecular complexity index is 449. The predicted molar refractivity (Wildman–Crippen MR) is 63.2 cm³/mol. The molecule has 0 spiro atoms. The molecule has 0 saturated carbocycles. The fourth-order valence-electron chi connectivity index (χ4n) is 1.25. The molecule has 0 aromatic carbocycles. The fourth-order valence-corrected chi connectivity index (χ4v) is 1.25. The molecule has 1 aromatic rings. The van der Waals surface area contributed by atoms with Gasteiger partial charge in [-0.2, -0.15) is 0 Å². The van der Waals surface area contributed by atoms with E-state index in [1.54, 1.807) is 0 Å². The molecule has 1 amide bonds. The van der Waals surface area contributed by atoms with Gasteiger partial charge in [-0.1, -0.05) is 6.92 Å². The van der Waals surface area contributed by atoms with E-state index in [2.05, 4.69) is 15.6 Å². The summed E-state index contributed by atoms with van der Waals surface area (Å²) in [7, 11) is 0. The molecule has 0 aliphatic heterocycles. The van der Waals surface area contributed by atoms with Gasteiger partial charge in [0.05, 0.1) is 0 Å². The second kappa shape index (κ2) is 6.64. The number of carbonyl (C=O) groups is 1. The lowest BCUT2D eigenvalue weighted by atomic mass is 10.4. The van der Waals surface area contributed by atoms with Crippen molar-refractivity contribution in [2.45, 2.75) is 13.3 Å². The molecule has 0 bridgehead atoms. The van der Waals surface area contributed by atoms with Gasteiger partial charge in [-0.3, -0.25) is 14.6 Å². The second-order valence-corrected chi connectivity index (χ2v) is 3.51. The number of amides is 1. The summed E-state index contributed by atoms with van der Waals surface area (Å²) in [6.07, 6.45) is 1.02. The molecule has 1 rings (SSSR count). The molecule has 4 N–H and O–H groups in total. The summed E-state index contributed by atoms with van der Waals surface area (Å²) in [5.41, 5.74) is -1.32. The Morgan fingerprint density at radius 1 is 1.24 bits per heavy atom. The lowest BCUT2D eigenvalue weighted by Crippen LogP contribution is -2.35. The topological polar surface area (TPSA) is 107 Å². The Morgan fingerprint density at radius 2 is 2.00 bits per heavy atom. The molecular formula is C10H16N4O3. The number of hydrogen-bond acceptors (Lipinski definition) is 4. The molecule has 0 saturated heterocycles. The maximum Gasteiger partial charge on any atom is 0.326 e. The first kappa shape index (κ1) is 13.2. The Morgan fingerprint density at radius 3 is 2.65 bits per heavy atom. The standard InChI is InChI=1S/C10H16N4O3/c1-2-3-11-4-5-12-9(16)7-6-8(15)14-10(17)13-7/h6,11H,2-5H2,1H3,(H,12,16)(H2,13,14,15,17). The molecule has 0 radical (unpaired) electrons. The number of hydrogen-bond donors (Lipinski definition) is 4. The maximum atomic E-state index is 11.5. The van der Waals surface area contributed by atoms with Crippen molar-refractivity contribution in [2.75, 3.05) is 19.6 Å². The minimum atomic E-state index is -0.688. The monoisotopic (exact) mass is 240 g/mol. The summed E-state index contributed by atoms with van der Waals surface area (Å²) >= 11 is 0. The third-order valence-electron chi connectivity index (χ3n) is 2.02. The van der Waals surface area contributed by atoms with Crippen LogP contribution >= 0.6 is 0 Å². The van der Waals surface area contributed by atoms with Crippen molar-refractivity contribution < 1.29 is 4.79 Å². The molecule has 7 nitrogen and oxygen atoms in total. The Hall–Kier alpha value is -1.89. The normalized spacial score (nSPS) is 10.2. The highest BCUT2D eigenvalue weighted by Crippen LogP contribution is 1.84. The largest absolute Gasteiger partial charge is 0.349 e.